The van der Waals surface area contributed by atoms with Crippen LogP contribution in [0.25, 0.3) is 0 Å². The Kier molecular flexibility index (Phi) is 3.72. The fourth-order valence-electron chi connectivity index (χ4n) is 1.52. The summed E-state index contributed by atoms with van der Waals surface area (Å²) in [6.45, 7) is 2.05. The highest BCUT2D eigenvalue weighted by Crippen LogP contribution is 2.35. The van der Waals surface area contributed by atoms with E-state index in [1.807, 2.05) is 0 Å². The monoisotopic (exact) mass is 185 g/mol. The molecule has 0 saturated heterocycles. The molecule has 3 heteroatoms. The lowest BCUT2D eigenvalue weighted by Gasteiger charge is -2.17. The first kappa shape index (κ1) is 10.5. The number of hydrogen-bond donors (Lipinski definition) is 2. The number of carbonyl (C=O) groups is 1. The minimum Gasteiger partial charge on any atom is -0.481 e. The molecule has 76 valence electrons. The smallest absolute Gasteiger partial charge is 0.304 e. The molecule has 0 radical (unpaired) electrons. The Labute approximate surface area is 79.3 Å². The molecule has 1 saturated carbocycles. The third-order valence-electron chi connectivity index (χ3n) is 2.87. The molecule has 1 aliphatic rings. The molecular weight excluding hydrogens is 166 g/mol. The van der Waals surface area contributed by atoms with Crippen molar-refractivity contribution in [2.75, 3.05) is 0 Å². The Morgan fingerprint density at radius 3 is 2.69 bits per heavy atom. The zero-order chi connectivity index (χ0) is 9.84. The van der Waals surface area contributed by atoms with Crippen LogP contribution in [0.3, 0.4) is 0 Å². The number of carboxylic acid groups (broad SMARTS) is 1. The van der Waals surface area contributed by atoms with Crippen LogP contribution in [0, 0.1) is 11.8 Å². The molecule has 3 N–H and O–H groups in total. The Bertz CT molecular complexity index is 178. The van der Waals surface area contributed by atoms with E-state index in [0.29, 0.717) is 5.92 Å². The molecule has 0 aromatic carbocycles. The number of aliphatic carboxylic acids is 1. The molecule has 0 unspecified atom stereocenters. The molecule has 2 atom stereocenters. The van der Waals surface area contributed by atoms with Gasteiger partial charge in [-0.25, -0.2) is 0 Å². The molecule has 3 nitrogen and oxygen atoms in total. The quantitative estimate of drug-likeness (QED) is 0.661. The number of rotatable bonds is 6. The van der Waals surface area contributed by atoms with Crippen LogP contribution < -0.4 is 5.73 Å². The Morgan fingerprint density at radius 1 is 1.62 bits per heavy atom. The molecular formula is C10H19NO2. The summed E-state index contributed by atoms with van der Waals surface area (Å²) in [6.07, 6.45) is 5.14. The van der Waals surface area contributed by atoms with Gasteiger partial charge < -0.3 is 10.8 Å². The van der Waals surface area contributed by atoms with Gasteiger partial charge in [0.1, 0.15) is 0 Å². The van der Waals surface area contributed by atoms with Crippen molar-refractivity contribution in [2.24, 2.45) is 17.6 Å². The summed E-state index contributed by atoms with van der Waals surface area (Å²) in [5.74, 6) is 0.474. The van der Waals surface area contributed by atoms with Crippen LogP contribution in [0.4, 0.5) is 0 Å². The van der Waals surface area contributed by atoms with E-state index in [0.717, 1.165) is 12.3 Å². The normalized spacial score (nSPS) is 21.1. The summed E-state index contributed by atoms with van der Waals surface area (Å²) in [7, 11) is 0. The van der Waals surface area contributed by atoms with E-state index in [4.69, 9.17) is 10.8 Å². The Morgan fingerprint density at radius 2 is 2.23 bits per heavy atom. The first-order chi connectivity index (χ1) is 6.09. The molecule has 1 aliphatic carbocycles. The molecule has 1 rings (SSSR count). The lowest BCUT2D eigenvalue weighted by atomic mass is 9.94. The number of nitrogens with two attached hydrogens (primary N) is 1. The average molecular weight is 185 g/mol. The van der Waals surface area contributed by atoms with Gasteiger partial charge in [-0.15, -0.1) is 0 Å². The van der Waals surface area contributed by atoms with Gasteiger partial charge in [-0.1, -0.05) is 26.2 Å². The van der Waals surface area contributed by atoms with Crippen LogP contribution in [0.15, 0.2) is 0 Å². The third kappa shape index (κ3) is 4.27. The van der Waals surface area contributed by atoms with Crippen LogP contribution in [0.5, 0.6) is 0 Å². The molecule has 0 amide bonds. The van der Waals surface area contributed by atoms with Gasteiger partial charge >= 0.3 is 5.97 Å². The molecule has 0 aliphatic heterocycles. The highest BCUT2D eigenvalue weighted by molar-refractivity contribution is 5.67. The summed E-state index contributed by atoms with van der Waals surface area (Å²) < 4.78 is 0. The van der Waals surface area contributed by atoms with Crippen molar-refractivity contribution in [1.29, 1.82) is 0 Å². The fourth-order valence-corrected chi connectivity index (χ4v) is 1.52. The predicted octanol–water partition coefficient (Wildman–Crippen LogP) is 1.61. The first-order valence-electron chi connectivity index (χ1n) is 5.07. The summed E-state index contributed by atoms with van der Waals surface area (Å²) in [5, 5.41) is 8.54. The van der Waals surface area contributed by atoms with Crippen molar-refractivity contribution >= 4 is 5.97 Å². The molecule has 0 aromatic rings. The minimum atomic E-state index is -0.786. The highest BCUT2D eigenvalue weighted by Gasteiger charge is 2.23. The van der Waals surface area contributed by atoms with Gasteiger partial charge in [0, 0.05) is 6.04 Å². The second kappa shape index (κ2) is 4.61. The van der Waals surface area contributed by atoms with Crippen LogP contribution in [-0.4, -0.2) is 17.1 Å². The maximum absolute atomic E-state index is 10.4. The molecule has 1 fully saturated rings. The second-order valence-electron chi connectivity index (χ2n) is 4.26. The Balaban J connectivity index is 2.11. The number of hydrogen-bond acceptors (Lipinski definition) is 2. The molecule has 0 aromatic heterocycles. The van der Waals surface area contributed by atoms with Crippen molar-refractivity contribution in [3.8, 4) is 0 Å². The van der Waals surface area contributed by atoms with Crippen LogP contribution >= 0.6 is 0 Å². The predicted molar refractivity (Wildman–Crippen MR) is 51.4 cm³/mol. The number of carboxylic acids is 1. The van der Waals surface area contributed by atoms with Crippen molar-refractivity contribution in [3.63, 3.8) is 0 Å². The van der Waals surface area contributed by atoms with E-state index in [-0.39, 0.29) is 12.5 Å². The van der Waals surface area contributed by atoms with Gasteiger partial charge in [-0.2, -0.15) is 0 Å². The van der Waals surface area contributed by atoms with Crippen LogP contribution in [0.2, 0.25) is 0 Å². The van der Waals surface area contributed by atoms with Gasteiger partial charge in [0.15, 0.2) is 0 Å². The highest BCUT2D eigenvalue weighted by atomic mass is 16.4. The largest absolute Gasteiger partial charge is 0.481 e. The standard InChI is InChI=1S/C10H19NO2/c1-7(2-3-8-4-5-8)9(11)6-10(12)13/h7-9H,2-6,11H2,1H3,(H,12,13)/t7-,9-/m1/s1. The Hall–Kier alpha value is -0.570. The van der Waals surface area contributed by atoms with E-state index in [2.05, 4.69) is 6.92 Å². The third-order valence-corrected chi connectivity index (χ3v) is 2.87. The lowest BCUT2D eigenvalue weighted by Crippen LogP contribution is -2.30. The minimum absolute atomic E-state index is 0.103. The maximum Gasteiger partial charge on any atom is 0.304 e. The van der Waals surface area contributed by atoms with Crippen LogP contribution in [0.1, 0.15) is 39.0 Å². The van der Waals surface area contributed by atoms with Gasteiger partial charge in [-0.3, -0.25) is 4.79 Å². The van der Waals surface area contributed by atoms with Gasteiger partial charge in [0.2, 0.25) is 0 Å². The van der Waals surface area contributed by atoms with E-state index in [9.17, 15) is 4.79 Å². The molecule has 13 heavy (non-hydrogen) atoms. The SMILES string of the molecule is C[C@H](CCC1CC1)[C@H](N)CC(=O)O. The summed E-state index contributed by atoms with van der Waals surface area (Å²) in [6, 6.07) is -0.170. The van der Waals surface area contributed by atoms with Gasteiger partial charge in [0.05, 0.1) is 6.42 Å². The zero-order valence-electron chi connectivity index (χ0n) is 8.20. The zero-order valence-corrected chi connectivity index (χ0v) is 8.20. The van der Waals surface area contributed by atoms with Crippen molar-refractivity contribution in [1.82, 2.24) is 0 Å². The van der Waals surface area contributed by atoms with E-state index in [1.54, 1.807) is 0 Å². The summed E-state index contributed by atoms with van der Waals surface area (Å²) in [5.41, 5.74) is 5.74. The fraction of sp³-hybridized carbons (Fsp3) is 0.900. The first-order valence-corrected chi connectivity index (χ1v) is 5.07. The summed E-state index contributed by atoms with van der Waals surface area (Å²) >= 11 is 0. The molecule has 0 spiro atoms. The van der Waals surface area contributed by atoms with Crippen LogP contribution in [-0.2, 0) is 4.79 Å². The summed E-state index contributed by atoms with van der Waals surface area (Å²) in [4.78, 5) is 10.4. The van der Waals surface area contributed by atoms with Crippen molar-refractivity contribution in [3.05, 3.63) is 0 Å². The maximum atomic E-state index is 10.4. The molecule has 0 bridgehead atoms. The lowest BCUT2D eigenvalue weighted by molar-refractivity contribution is -0.137. The topological polar surface area (TPSA) is 63.3 Å². The van der Waals surface area contributed by atoms with Gasteiger partial charge in [0.25, 0.3) is 0 Å². The van der Waals surface area contributed by atoms with Gasteiger partial charge in [-0.05, 0) is 18.3 Å². The molecule has 0 heterocycles. The van der Waals surface area contributed by atoms with E-state index < -0.39 is 5.97 Å². The van der Waals surface area contributed by atoms with Crippen molar-refractivity contribution < 1.29 is 9.90 Å². The second-order valence-corrected chi connectivity index (χ2v) is 4.26. The van der Waals surface area contributed by atoms with E-state index in [1.165, 1.54) is 19.3 Å². The average Bonchev–Trinajstić information content (AvgIpc) is 2.81. The van der Waals surface area contributed by atoms with E-state index >= 15 is 0 Å². The van der Waals surface area contributed by atoms with Crippen molar-refractivity contribution in [2.45, 2.75) is 45.1 Å².